The Morgan fingerprint density at radius 3 is 2.00 bits per heavy atom. The van der Waals surface area contributed by atoms with Gasteiger partial charge in [0.25, 0.3) is 0 Å². The summed E-state index contributed by atoms with van der Waals surface area (Å²) in [6.45, 7) is 1.05. The lowest BCUT2D eigenvalue weighted by Crippen LogP contribution is -2.74. The van der Waals surface area contributed by atoms with E-state index in [0.717, 1.165) is 53.8 Å². The molecule has 4 aliphatic rings. The van der Waals surface area contributed by atoms with Crippen molar-refractivity contribution in [3.05, 3.63) is 143 Å². The van der Waals surface area contributed by atoms with Gasteiger partial charge < -0.3 is 28.3 Å². The van der Waals surface area contributed by atoms with Gasteiger partial charge in [-0.25, -0.2) is 0 Å². The molecule has 0 amide bonds. The highest BCUT2D eigenvalue weighted by Gasteiger charge is 2.65. The van der Waals surface area contributed by atoms with E-state index < -0.39 is 30.1 Å². The zero-order valence-corrected chi connectivity index (χ0v) is 30.0. The van der Waals surface area contributed by atoms with Crippen LogP contribution in [0.4, 0.5) is 0 Å². The standard InChI is InChI=1S/C43H48BClO6/c45-36-24-22-31(23-25-36)26-27-43(44-35-18-10-20-37(51-44)21-11-19-35)41(47-29-33-14-6-2-7-15-33)40(46-28-32-12-4-1-5-13-32)39-38(50-43)30-48-42(49-39)34-16-8-3-9-17-34/h1-9,12-17,22-25,35,37-42H,10-11,18-21,26-30H2/t35?,37?,38-,39-,40+,41-,42?,43+/m1/s1. The fourth-order valence-corrected chi connectivity index (χ4v) is 8.93. The Bertz CT molecular complexity index is 1650. The summed E-state index contributed by atoms with van der Waals surface area (Å²) in [5, 5.41) is 0.731. The first kappa shape index (κ1) is 35.0. The van der Waals surface area contributed by atoms with E-state index in [2.05, 4.69) is 60.7 Å². The van der Waals surface area contributed by atoms with Crippen molar-refractivity contribution in [3.63, 3.8) is 0 Å². The Balaban J connectivity index is 1.23. The molecule has 0 saturated carbocycles. The van der Waals surface area contributed by atoms with Crippen LogP contribution in [0.2, 0.25) is 10.8 Å². The number of hydrogen-bond donors (Lipinski definition) is 0. The number of rotatable bonds is 11. The highest BCUT2D eigenvalue weighted by molar-refractivity contribution is 6.57. The van der Waals surface area contributed by atoms with Gasteiger partial charge in [-0.2, -0.15) is 0 Å². The molecule has 8 heteroatoms. The van der Waals surface area contributed by atoms with Crippen molar-refractivity contribution in [1.82, 2.24) is 0 Å². The molecule has 2 bridgehead atoms. The lowest BCUT2D eigenvalue weighted by atomic mass is 9.39. The molecular weight excluding hydrogens is 659 g/mol. The molecule has 1 unspecified atom stereocenters. The second-order valence-corrected chi connectivity index (χ2v) is 15.1. The largest absolute Gasteiger partial charge is 0.430 e. The summed E-state index contributed by atoms with van der Waals surface area (Å²) in [5.74, 6) is 0.347. The molecule has 4 fully saturated rings. The maximum Gasteiger partial charge on any atom is 0.332 e. The number of aryl methyl sites for hydroxylation is 1. The Labute approximate surface area is 307 Å². The first-order chi connectivity index (χ1) is 25.1. The Morgan fingerprint density at radius 1 is 0.706 bits per heavy atom. The molecule has 4 saturated heterocycles. The zero-order valence-electron chi connectivity index (χ0n) is 29.2. The molecule has 0 aliphatic carbocycles. The first-order valence-electron chi connectivity index (χ1n) is 18.9. The van der Waals surface area contributed by atoms with E-state index in [1.165, 1.54) is 18.4 Å². The molecule has 0 aromatic heterocycles. The van der Waals surface area contributed by atoms with Crippen LogP contribution in [0, 0.1) is 0 Å². The number of ether oxygens (including phenoxy) is 5. The predicted octanol–water partition coefficient (Wildman–Crippen LogP) is 9.35. The van der Waals surface area contributed by atoms with Crippen molar-refractivity contribution in [2.24, 2.45) is 0 Å². The fraction of sp³-hybridized carbons (Fsp3) is 0.442. The van der Waals surface area contributed by atoms with Gasteiger partial charge in [0, 0.05) is 16.7 Å². The number of benzene rings is 4. The van der Waals surface area contributed by atoms with Gasteiger partial charge in [-0.15, -0.1) is 0 Å². The summed E-state index contributed by atoms with van der Waals surface area (Å²) < 4.78 is 42.6. The molecule has 4 heterocycles. The van der Waals surface area contributed by atoms with Crippen LogP contribution >= 0.6 is 11.6 Å². The van der Waals surface area contributed by atoms with Crippen LogP contribution in [-0.4, -0.2) is 49.5 Å². The Hall–Kier alpha value is -3.01. The first-order valence-corrected chi connectivity index (χ1v) is 19.2. The number of fused-ring (bicyclic) bond motifs is 4. The van der Waals surface area contributed by atoms with Gasteiger partial charge in [-0.05, 0) is 60.3 Å². The molecule has 8 rings (SSSR count). The van der Waals surface area contributed by atoms with Crippen LogP contribution in [0.25, 0.3) is 0 Å². The average Bonchev–Trinajstić information content (AvgIpc) is 3.52. The monoisotopic (exact) mass is 706 g/mol. The molecule has 0 spiro atoms. The van der Waals surface area contributed by atoms with Crippen LogP contribution in [0.5, 0.6) is 0 Å². The lowest BCUT2D eigenvalue weighted by molar-refractivity contribution is -0.351. The summed E-state index contributed by atoms with van der Waals surface area (Å²) in [6.07, 6.45) is 6.11. The van der Waals surface area contributed by atoms with E-state index in [4.69, 9.17) is 39.9 Å². The molecule has 4 aliphatic heterocycles. The molecule has 51 heavy (non-hydrogen) atoms. The predicted molar refractivity (Wildman–Crippen MR) is 200 cm³/mol. The number of hydrogen-bond acceptors (Lipinski definition) is 6. The van der Waals surface area contributed by atoms with Crippen LogP contribution < -0.4 is 0 Å². The van der Waals surface area contributed by atoms with Crippen molar-refractivity contribution in [1.29, 1.82) is 0 Å². The van der Waals surface area contributed by atoms with Crippen molar-refractivity contribution in [3.8, 4) is 0 Å². The summed E-state index contributed by atoms with van der Waals surface area (Å²) in [7, 11) is 0. The van der Waals surface area contributed by atoms with Crippen molar-refractivity contribution < 1.29 is 28.3 Å². The maximum absolute atomic E-state index is 7.59. The van der Waals surface area contributed by atoms with E-state index in [1.54, 1.807) is 0 Å². The minimum Gasteiger partial charge on any atom is -0.430 e. The summed E-state index contributed by atoms with van der Waals surface area (Å²) >= 11 is 6.34. The topological polar surface area (TPSA) is 55.4 Å². The van der Waals surface area contributed by atoms with Crippen LogP contribution in [0.3, 0.4) is 0 Å². The Morgan fingerprint density at radius 2 is 1.33 bits per heavy atom. The van der Waals surface area contributed by atoms with E-state index in [1.807, 2.05) is 54.6 Å². The summed E-state index contributed by atoms with van der Waals surface area (Å²) in [4.78, 5) is 0. The minimum atomic E-state index is -0.833. The third-order valence-electron chi connectivity index (χ3n) is 11.3. The molecule has 4 aromatic rings. The molecule has 0 radical (unpaired) electrons. The summed E-state index contributed by atoms with van der Waals surface area (Å²) in [6, 6.07) is 39.1. The Kier molecular flexibility index (Phi) is 11.2. The molecular formula is C43H48BClO6. The van der Waals surface area contributed by atoms with Gasteiger partial charge in [-0.1, -0.05) is 140 Å². The molecule has 6 atom stereocenters. The molecule has 6 nitrogen and oxygen atoms in total. The number of halogens is 1. The third kappa shape index (κ3) is 8.01. The van der Waals surface area contributed by atoms with Crippen molar-refractivity contribution in [2.75, 3.05) is 6.61 Å². The van der Waals surface area contributed by atoms with E-state index in [9.17, 15) is 0 Å². The third-order valence-corrected chi connectivity index (χ3v) is 11.6. The average molecular weight is 707 g/mol. The zero-order chi connectivity index (χ0) is 34.5. The highest BCUT2D eigenvalue weighted by atomic mass is 35.5. The van der Waals surface area contributed by atoms with Gasteiger partial charge in [0.1, 0.15) is 29.9 Å². The van der Waals surface area contributed by atoms with Crippen LogP contribution in [-0.2, 0) is 48.0 Å². The lowest BCUT2D eigenvalue weighted by Gasteiger charge is -2.57. The van der Waals surface area contributed by atoms with Gasteiger partial charge in [0.2, 0.25) is 0 Å². The van der Waals surface area contributed by atoms with Gasteiger partial charge in [0.05, 0.1) is 19.8 Å². The smallest absolute Gasteiger partial charge is 0.332 e. The van der Waals surface area contributed by atoms with E-state index in [0.29, 0.717) is 32.1 Å². The van der Waals surface area contributed by atoms with Gasteiger partial charge in [0.15, 0.2) is 6.29 Å². The normalized spacial score (nSPS) is 30.7. The van der Waals surface area contributed by atoms with Crippen molar-refractivity contribution in [2.45, 2.75) is 113 Å². The summed E-state index contributed by atoms with van der Waals surface area (Å²) in [5.41, 5.74) is 3.54. The molecule has 4 aromatic carbocycles. The second kappa shape index (κ2) is 16.3. The van der Waals surface area contributed by atoms with Gasteiger partial charge >= 0.3 is 6.92 Å². The van der Waals surface area contributed by atoms with Crippen LogP contribution in [0.15, 0.2) is 115 Å². The maximum atomic E-state index is 7.59. The van der Waals surface area contributed by atoms with Crippen molar-refractivity contribution >= 4 is 18.5 Å². The highest BCUT2D eigenvalue weighted by Crippen LogP contribution is 2.50. The molecule has 0 N–H and O–H groups in total. The van der Waals surface area contributed by atoms with Crippen LogP contribution in [0.1, 0.15) is 73.5 Å². The second-order valence-electron chi connectivity index (χ2n) is 14.7. The van der Waals surface area contributed by atoms with Gasteiger partial charge in [-0.3, -0.25) is 0 Å². The van der Waals surface area contributed by atoms with E-state index >= 15 is 0 Å². The SMILES string of the molecule is Clc1ccc(CC[C@]2(B3OC4CCCC3CCC4)O[C@@H]3COC(c4ccccc4)O[C@H]3[C@H](OCc3ccccc3)[C@H]2OCc2ccccc2)cc1. The minimum absolute atomic E-state index is 0.170. The van der Waals surface area contributed by atoms with E-state index in [-0.39, 0.29) is 19.1 Å². The fourth-order valence-electron chi connectivity index (χ4n) is 8.80. The molecule has 266 valence electrons. The quantitative estimate of drug-likeness (QED) is 0.145.